The van der Waals surface area contributed by atoms with E-state index in [0.29, 0.717) is 5.82 Å². The predicted octanol–water partition coefficient (Wildman–Crippen LogP) is 0.0316. The Morgan fingerprint density at radius 3 is 2.90 bits per heavy atom. The zero-order chi connectivity index (χ0) is 14.5. The van der Waals surface area contributed by atoms with E-state index in [2.05, 4.69) is 25.5 Å². The number of hydrogen-bond donors (Lipinski definition) is 3. The van der Waals surface area contributed by atoms with Crippen LogP contribution in [0.2, 0.25) is 0 Å². The molecular formula is C12H18N6O2. The lowest BCUT2D eigenvalue weighted by Gasteiger charge is -2.17. The molecule has 0 fully saturated rings. The number of H-pyrrole nitrogens is 2. The van der Waals surface area contributed by atoms with E-state index in [-0.39, 0.29) is 18.4 Å². The first kappa shape index (κ1) is 14.0. The van der Waals surface area contributed by atoms with E-state index in [0.717, 1.165) is 18.7 Å². The number of rotatable bonds is 6. The van der Waals surface area contributed by atoms with Gasteiger partial charge in [0.2, 0.25) is 5.91 Å². The van der Waals surface area contributed by atoms with Gasteiger partial charge >= 0.3 is 5.69 Å². The topological polar surface area (TPSA) is 108 Å². The Hall–Kier alpha value is -2.38. The van der Waals surface area contributed by atoms with Gasteiger partial charge in [0.05, 0.1) is 12.5 Å². The molecule has 0 aliphatic carbocycles. The minimum atomic E-state index is -0.415. The molecule has 1 amide bonds. The number of amides is 1. The predicted molar refractivity (Wildman–Crippen MR) is 71.9 cm³/mol. The Labute approximate surface area is 115 Å². The molecule has 20 heavy (non-hydrogen) atoms. The highest BCUT2D eigenvalue weighted by molar-refractivity contribution is 5.78. The summed E-state index contributed by atoms with van der Waals surface area (Å²) >= 11 is 0. The van der Waals surface area contributed by atoms with Gasteiger partial charge in [-0.05, 0) is 6.42 Å². The normalized spacial score (nSPS) is 12.3. The van der Waals surface area contributed by atoms with Crippen LogP contribution >= 0.6 is 0 Å². The molecule has 8 heteroatoms. The van der Waals surface area contributed by atoms with Crippen molar-refractivity contribution in [2.75, 3.05) is 0 Å². The molecule has 0 spiro atoms. The van der Waals surface area contributed by atoms with Crippen LogP contribution in [0.3, 0.4) is 0 Å². The lowest BCUT2D eigenvalue weighted by molar-refractivity contribution is -0.121. The molecule has 0 bridgehead atoms. The summed E-state index contributed by atoms with van der Waals surface area (Å²) in [4.78, 5) is 29.6. The molecular weight excluding hydrogens is 260 g/mol. The van der Waals surface area contributed by atoms with Crippen molar-refractivity contribution in [3.05, 3.63) is 34.5 Å². The standard InChI is InChI=1S/C12H18N6O2/c1-3-4-8(11-13-5-6-18(11)2)14-10(19)7-9-15-12(20)17-16-9/h5-6,8H,3-4,7H2,1-2H3,(H,14,19)(H2,15,16,17,20)/t8-/m1/s1. The number of aryl methyl sites for hydroxylation is 1. The molecule has 2 rings (SSSR count). The highest BCUT2D eigenvalue weighted by Crippen LogP contribution is 2.16. The smallest absolute Gasteiger partial charge is 0.340 e. The molecule has 0 aliphatic rings. The lowest BCUT2D eigenvalue weighted by Crippen LogP contribution is -2.31. The van der Waals surface area contributed by atoms with Gasteiger partial charge in [-0.15, -0.1) is 0 Å². The minimum Gasteiger partial charge on any atom is -0.346 e. The summed E-state index contributed by atoms with van der Waals surface area (Å²) in [5.41, 5.74) is -0.415. The fourth-order valence-corrected chi connectivity index (χ4v) is 2.05. The first-order valence-electron chi connectivity index (χ1n) is 6.50. The van der Waals surface area contributed by atoms with Crippen LogP contribution in [0.5, 0.6) is 0 Å². The number of aromatic nitrogens is 5. The Balaban J connectivity index is 2.03. The third-order valence-corrected chi connectivity index (χ3v) is 2.96. The van der Waals surface area contributed by atoms with Crippen LogP contribution in [0.1, 0.15) is 37.5 Å². The maximum atomic E-state index is 12.0. The molecule has 0 aliphatic heterocycles. The van der Waals surface area contributed by atoms with Gasteiger partial charge in [-0.25, -0.2) is 14.9 Å². The van der Waals surface area contributed by atoms with Crippen molar-refractivity contribution in [2.45, 2.75) is 32.2 Å². The van der Waals surface area contributed by atoms with E-state index >= 15 is 0 Å². The molecule has 0 saturated carbocycles. The molecule has 2 heterocycles. The van der Waals surface area contributed by atoms with Crippen LogP contribution in [0.15, 0.2) is 17.2 Å². The molecule has 0 unspecified atom stereocenters. The van der Waals surface area contributed by atoms with E-state index in [9.17, 15) is 9.59 Å². The van der Waals surface area contributed by atoms with Crippen molar-refractivity contribution in [2.24, 2.45) is 7.05 Å². The Kier molecular flexibility index (Phi) is 4.34. The molecule has 2 aromatic heterocycles. The summed E-state index contributed by atoms with van der Waals surface area (Å²) in [6, 6.07) is -0.141. The fraction of sp³-hybridized carbons (Fsp3) is 0.500. The second-order valence-electron chi connectivity index (χ2n) is 4.61. The van der Waals surface area contributed by atoms with Crippen LogP contribution in [0.25, 0.3) is 0 Å². The molecule has 3 N–H and O–H groups in total. The molecule has 0 saturated heterocycles. The average molecular weight is 278 g/mol. The van der Waals surface area contributed by atoms with Crippen LogP contribution in [-0.2, 0) is 18.3 Å². The van der Waals surface area contributed by atoms with E-state index in [1.807, 2.05) is 24.7 Å². The molecule has 8 nitrogen and oxygen atoms in total. The van der Waals surface area contributed by atoms with Crippen molar-refractivity contribution >= 4 is 5.91 Å². The van der Waals surface area contributed by atoms with Crippen molar-refractivity contribution < 1.29 is 4.79 Å². The van der Waals surface area contributed by atoms with Gasteiger partial charge in [0.25, 0.3) is 0 Å². The fourth-order valence-electron chi connectivity index (χ4n) is 2.05. The number of carbonyl (C=O) groups is 1. The van der Waals surface area contributed by atoms with Gasteiger partial charge in [0.15, 0.2) is 0 Å². The highest BCUT2D eigenvalue weighted by atomic mass is 16.2. The summed E-state index contributed by atoms with van der Waals surface area (Å²) < 4.78 is 1.89. The minimum absolute atomic E-state index is 0.0311. The summed E-state index contributed by atoms with van der Waals surface area (Å²) in [6.45, 7) is 2.05. The van der Waals surface area contributed by atoms with Gasteiger partial charge in [0.1, 0.15) is 11.6 Å². The first-order valence-corrected chi connectivity index (χ1v) is 6.50. The van der Waals surface area contributed by atoms with Crippen molar-refractivity contribution in [1.82, 2.24) is 30.0 Å². The number of imidazole rings is 1. The lowest BCUT2D eigenvalue weighted by atomic mass is 10.1. The van der Waals surface area contributed by atoms with Crippen LogP contribution in [-0.4, -0.2) is 30.6 Å². The van der Waals surface area contributed by atoms with Gasteiger partial charge in [0, 0.05) is 19.4 Å². The molecule has 108 valence electrons. The largest absolute Gasteiger partial charge is 0.346 e. The van der Waals surface area contributed by atoms with Crippen molar-refractivity contribution in [3.63, 3.8) is 0 Å². The Morgan fingerprint density at radius 1 is 1.55 bits per heavy atom. The summed E-state index contributed by atoms with van der Waals surface area (Å²) in [5, 5.41) is 8.87. The van der Waals surface area contributed by atoms with E-state index in [1.165, 1.54) is 0 Å². The second kappa shape index (κ2) is 6.18. The number of hydrogen-bond acceptors (Lipinski definition) is 4. The zero-order valence-electron chi connectivity index (χ0n) is 11.5. The number of nitrogens with zero attached hydrogens (tertiary/aromatic N) is 3. The van der Waals surface area contributed by atoms with Crippen LogP contribution in [0.4, 0.5) is 0 Å². The Bertz CT molecular complexity index is 626. The second-order valence-corrected chi connectivity index (χ2v) is 4.61. The third kappa shape index (κ3) is 3.34. The quantitative estimate of drug-likeness (QED) is 0.692. The Morgan fingerprint density at radius 2 is 2.35 bits per heavy atom. The molecule has 1 atom stereocenters. The van der Waals surface area contributed by atoms with Gasteiger partial charge in [-0.1, -0.05) is 13.3 Å². The highest BCUT2D eigenvalue weighted by Gasteiger charge is 2.18. The molecule has 0 radical (unpaired) electrons. The van der Waals surface area contributed by atoms with E-state index in [1.54, 1.807) is 6.20 Å². The summed E-state index contributed by atoms with van der Waals surface area (Å²) in [6.07, 6.45) is 5.30. The van der Waals surface area contributed by atoms with E-state index in [4.69, 9.17) is 0 Å². The molecule has 0 aromatic carbocycles. The maximum Gasteiger partial charge on any atom is 0.340 e. The van der Waals surface area contributed by atoms with Gasteiger partial charge in [-0.3, -0.25) is 9.78 Å². The summed E-state index contributed by atoms with van der Waals surface area (Å²) in [5.74, 6) is 0.938. The first-order chi connectivity index (χ1) is 9.60. The average Bonchev–Trinajstić information content (AvgIpc) is 2.98. The van der Waals surface area contributed by atoms with Crippen molar-refractivity contribution in [3.8, 4) is 0 Å². The number of nitrogens with one attached hydrogen (secondary N) is 3. The zero-order valence-corrected chi connectivity index (χ0v) is 11.5. The van der Waals surface area contributed by atoms with Crippen molar-refractivity contribution in [1.29, 1.82) is 0 Å². The molecule has 2 aromatic rings. The number of aromatic amines is 2. The number of carbonyl (C=O) groups excluding carboxylic acids is 1. The van der Waals surface area contributed by atoms with Crippen LogP contribution < -0.4 is 11.0 Å². The SMILES string of the molecule is CCC[C@@H](NC(=O)Cc1n[nH]c(=O)[nH]1)c1nccn1C. The third-order valence-electron chi connectivity index (χ3n) is 2.96. The summed E-state index contributed by atoms with van der Waals surface area (Å²) in [7, 11) is 1.89. The van der Waals surface area contributed by atoms with Crippen LogP contribution in [0, 0.1) is 0 Å². The van der Waals surface area contributed by atoms with Gasteiger partial charge < -0.3 is 9.88 Å². The monoisotopic (exact) mass is 278 g/mol. The maximum absolute atomic E-state index is 12.0. The van der Waals surface area contributed by atoms with E-state index < -0.39 is 5.69 Å². The van der Waals surface area contributed by atoms with Gasteiger partial charge in [-0.2, -0.15) is 5.10 Å².